The van der Waals surface area contributed by atoms with Gasteiger partial charge in [-0.25, -0.2) is 0 Å². The van der Waals surface area contributed by atoms with Crippen LogP contribution in [-0.2, 0) is 0 Å². The third kappa shape index (κ3) is 2.91. The second-order valence-corrected chi connectivity index (χ2v) is 7.54. The van der Waals surface area contributed by atoms with Crippen LogP contribution in [0.3, 0.4) is 0 Å². The Morgan fingerprint density at radius 2 is 1.70 bits per heavy atom. The molecule has 0 spiro atoms. The summed E-state index contributed by atoms with van der Waals surface area (Å²) >= 11 is 12.8. The number of fused-ring (bicyclic) bond motifs is 3. The highest BCUT2D eigenvalue weighted by atomic mass is 35.5. The van der Waals surface area contributed by atoms with Crippen LogP contribution >= 0.6 is 23.2 Å². The first-order valence-electron chi connectivity index (χ1n) is 8.80. The van der Waals surface area contributed by atoms with Gasteiger partial charge in [0.2, 0.25) is 5.75 Å². The minimum absolute atomic E-state index is 0.0437. The summed E-state index contributed by atoms with van der Waals surface area (Å²) in [4.78, 5) is 0. The van der Waals surface area contributed by atoms with Gasteiger partial charge in [-0.05, 0) is 41.7 Å². The van der Waals surface area contributed by atoms with Gasteiger partial charge < -0.3 is 19.5 Å². The summed E-state index contributed by atoms with van der Waals surface area (Å²) in [5, 5.41) is 4.73. The van der Waals surface area contributed by atoms with E-state index in [1.54, 1.807) is 21.3 Å². The lowest BCUT2D eigenvalue weighted by atomic mass is 9.77. The maximum absolute atomic E-state index is 6.53. The van der Waals surface area contributed by atoms with E-state index in [0.29, 0.717) is 39.1 Å². The van der Waals surface area contributed by atoms with Crippen LogP contribution in [0, 0.1) is 5.92 Å². The Bertz CT molecular complexity index is 888. The molecule has 1 aliphatic heterocycles. The Morgan fingerprint density at radius 1 is 1.00 bits per heavy atom. The highest BCUT2D eigenvalue weighted by molar-refractivity contribution is 6.43. The Hall–Kier alpha value is -2.04. The molecule has 0 amide bonds. The van der Waals surface area contributed by atoms with Crippen LogP contribution in [0.1, 0.15) is 29.5 Å². The molecule has 3 atom stereocenters. The van der Waals surface area contributed by atoms with E-state index in [9.17, 15) is 0 Å². The number of ether oxygens (including phenoxy) is 3. The Morgan fingerprint density at radius 3 is 2.33 bits per heavy atom. The molecule has 1 heterocycles. The summed E-state index contributed by atoms with van der Waals surface area (Å²) in [5.74, 6) is 2.53. The number of benzene rings is 2. The van der Waals surface area contributed by atoms with Crippen molar-refractivity contribution in [3.8, 4) is 17.2 Å². The topological polar surface area (TPSA) is 39.7 Å². The molecule has 1 aliphatic carbocycles. The molecule has 2 aromatic carbocycles. The second-order valence-electron chi connectivity index (χ2n) is 6.76. The van der Waals surface area contributed by atoms with Crippen LogP contribution in [0.2, 0.25) is 10.0 Å². The van der Waals surface area contributed by atoms with E-state index < -0.39 is 0 Å². The fourth-order valence-corrected chi connectivity index (χ4v) is 4.60. The number of hydrogen-bond donors (Lipinski definition) is 1. The molecule has 2 aliphatic rings. The molecule has 0 fully saturated rings. The van der Waals surface area contributed by atoms with Crippen molar-refractivity contribution in [2.24, 2.45) is 5.92 Å². The van der Waals surface area contributed by atoms with Crippen LogP contribution in [0.25, 0.3) is 0 Å². The minimum Gasteiger partial charge on any atom is -0.493 e. The second kappa shape index (κ2) is 7.17. The van der Waals surface area contributed by atoms with Gasteiger partial charge in [-0.1, -0.05) is 41.4 Å². The van der Waals surface area contributed by atoms with E-state index in [0.717, 1.165) is 17.7 Å². The summed E-state index contributed by atoms with van der Waals surface area (Å²) in [7, 11) is 4.86. The van der Waals surface area contributed by atoms with Crippen molar-refractivity contribution < 1.29 is 14.2 Å². The number of allylic oxidation sites excluding steroid dienone is 2. The van der Waals surface area contributed by atoms with Crippen molar-refractivity contribution in [2.75, 3.05) is 26.6 Å². The van der Waals surface area contributed by atoms with Gasteiger partial charge >= 0.3 is 0 Å². The van der Waals surface area contributed by atoms with Crippen LogP contribution in [0.15, 0.2) is 36.4 Å². The molecule has 0 saturated heterocycles. The predicted octanol–water partition coefficient (Wildman–Crippen LogP) is 5.85. The fraction of sp³-hybridized carbons (Fsp3) is 0.333. The van der Waals surface area contributed by atoms with Crippen molar-refractivity contribution in [3.05, 3.63) is 57.6 Å². The molecule has 0 aromatic heterocycles. The molecule has 4 rings (SSSR count). The normalized spacial score (nSPS) is 22.6. The molecular formula is C21H21Cl2NO3. The highest BCUT2D eigenvalue weighted by Crippen LogP contribution is 2.53. The first-order chi connectivity index (χ1) is 13.1. The van der Waals surface area contributed by atoms with Gasteiger partial charge in [0.05, 0.1) is 43.1 Å². The summed E-state index contributed by atoms with van der Waals surface area (Å²) in [6.45, 7) is 0. The SMILES string of the molecule is COc1cc(C2Nc3c(ccc(Cl)c3Cl)C3C=CCC32)cc(OC)c1OC. The monoisotopic (exact) mass is 405 g/mol. The third-order valence-electron chi connectivity index (χ3n) is 5.47. The smallest absolute Gasteiger partial charge is 0.203 e. The van der Waals surface area contributed by atoms with Gasteiger partial charge in [-0.3, -0.25) is 0 Å². The summed E-state index contributed by atoms with van der Waals surface area (Å²) in [6, 6.07) is 7.97. The lowest BCUT2D eigenvalue weighted by Crippen LogP contribution is -2.29. The zero-order valence-electron chi connectivity index (χ0n) is 15.4. The largest absolute Gasteiger partial charge is 0.493 e. The number of rotatable bonds is 4. The number of anilines is 1. The fourth-order valence-electron chi connectivity index (χ4n) is 4.21. The highest BCUT2D eigenvalue weighted by Gasteiger charge is 2.39. The number of methoxy groups -OCH3 is 3. The standard InChI is InChI=1S/C21H21Cl2NO3/c1-25-16-9-11(10-17(26-2)21(16)27-3)19-13-6-4-5-12(13)14-7-8-15(22)18(23)20(14)24-19/h4-5,7-10,12-13,19,24H,6H2,1-3H3. The predicted molar refractivity (Wildman–Crippen MR) is 109 cm³/mol. The third-order valence-corrected chi connectivity index (χ3v) is 6.28. The first-order valence-corrected chi connectivity index (χ1v) is 9.55. The summed E-state index contributed by atoms with van der Waals surface area (Å²) in [5.41, 5.74) is 3.15. The lowest BCUT2D eigenvalue weighted by Gasteiger charge is -2.38. The van der Waals surface area contributed by atoms with Crippen LogP contribution in [0.4, 0.5) is 5.69 Å². The van der Waals surface area contributed by atoms with Gasteiger partial charge in [0.15, 0.2) is 11.5 Å². The Kier molecular flexibility index (Phi) is 4.87. The minimum atomic E-state index is 0.0437. The Balaban J connectivity index is 1.84. The number of hydrogen-bond acceptors (Lipinski definition) is 4. The molecule has 0 saturated carbocycles. The number of nitrogens with one attached hydrogen (secondary N) is 1. The molecule has 6 heteroatoms. The molecule has 3 unspecified atom stereocenters. The van der Waals surface area contributed by atoms with E-state index in [1.807, 2.05) is 18.2 Å². The van der Waals surface area contributed by atoms with Crippen molar-refractivity contribution >= 4 is 28.9 Å². The Labute approximate surface area is 169 Å². The van der Waals surface area contributed by atoms with Gasteiger partial charge in [-0.2, -0.15) is 0 Å². The number of halogens is 2. The molecule has 4 nitrogen and oxygen atoms in total. The maximum Gasteiger partial charge on any atom is 0.203 e. The van der Waals surface area contributed by atoms with Crippen molar-refractivity contribution in [3.63, 3.8) is 0 Å². The van der Waals surface area contributed by atoms with Crippen molar-refractivity contribution in [2.45, 2.75) is 18.4 Å². The van der Waals surface area contributed by atoms with Crippen LogP contribution in [-0.4, -0.2) is 21.3 Å². The molecule has 0 bridgehead atoms. The molecule has 0 radical (unpaired) electrons. The average Bonchev–Trinajstić information content (AvgIpc) is 3.18. The van der Waals surface area contributed by atoms with E-state index in [2.05, 4.69) is 23.5 Å². The van der Waals surface area contributed by atoms with Gasteiger partial charge in [0.25, 0.3) is 0 Å². The first kappa shape index (κ1) is 18.3. The van der Waals surface area contributed by atoms with E-state index >= 15 is 0 Å². The van der Waals surface area contributed by atoms with Gasteiger partial charge in [0, 0.05) is 5.92 Å². The zero-order valence-corrected chi connectivity index (χ0v) is 16.9. The van der Waals surface area contributed by atoms with E-state index in [1.165, 1.54) is 5.56 Å². The molecule has 27 heavy (non-hydrogen) atoms. The van der Waals surface area contributed by atoms with E-state index in [4.69, 9.17) is 37.4 Å². The van der Waals surface area contributed by atoms with Crippen LogP contribution in [0.5, 0.6) is 17.2 Å². The molecular weight excluding hydrogens is 385 g/mol. The van der Waals surface area contributed by atoms with Crippen LogP contribution < -0.4 is 19.5 Å². The summed E-state index contributed by atoms with van der Waals surface area (Å²) < 4.78 is 16.5. The summed E-state index contributed by atoms with van der Waals surface area (Å²) in [6.07, 6.45) is 5.48. The average molecular weight is 406 g/mol. The van der Waals surface area contributed by atoms with E-state index in [-0.39, 0.29) is 6.04 Å². The van der Waals surface area contributed by atoms with Crippen molar-refractivity contribution in [1.29, 1.82) is 0 Å². The van der Waals surface area contributed by atoms with Gasteiger partial charge in [0.1, 0.15) is 0 Å². The lowest BCUT2D eigenvalue weighted by molar-refractivity contribution is 0.322. The van der Waals surface area contributed by atoms with Crippen molar-refractivity contribution in [1.82, 2.24) is 0 Å². The molecule has 1 N–H and O–H groups in total. The quantitative estimate of drug-likeness (QED) is 0.647. The molecule has 2 aromatic rings. The molecule has 142 valence electrons. The van der Waals surface area contributed by atoms with Gasteiger partial charge in [-0.15, -0.1) is 0 Å². The maximum atomic E-state index is 6.53. The zero-order chi connectivity index (χ0) is 19.1.